The van der Waals surface area contributed by atoms with Gasteiger partial charge in [-0.1, -0.05) is 37.3 Å². The maximum absolute atomic E-state index is 12.7. The van der Waals surface area contributed by atoms with E-state index < -0.39 is 0 Å². The highest BCUT2D eigenvalue weighted by Crippen LogP contribution is 2.32. The Balaban J connectivity index is 1.51. The van der Waals surface area contributed by atoms with Crippen molar-refractivity contribution in [1.29, 1.82) is 0 Å². The molecule has 0 spiro atoms. The largest absolute Gasteiger partial charge is 0.376 e. The van der Waals surface area contributed by atoms with Crippen LogP contribution in [0.4, 0.5) is 0 Å². The van der Waals surface area contributed by atoms with Crippen molar-refractivity contribution in [2.45, 2.75) is 51.8 Å². The van der Waals surface area contributed by atoms with Crippen LogP contribution < -0.4 is 5.32 Å². The average molecular weight is 316 g/mol. The molecule has 2 aliphatic heterocycles. The molecule has 0 aliphatic carbocycles. The third-order valence-corrected chi connectivity index (χ3v) is 5.45. The maximum Gasteiger partial charge on any atom is 0.226 e. The van der Waals surface area contributed by atoms with Crippen LogP contribution in [0.3, 0.4) is 0 Å². The molecule has 0 saturated carbocycles. The zero-order valence-corrected chi connectivity index (χ0v) is 14.3. The summed E-state index contributed by atoms with van der Waals surface area (Å²) in [4.78, 5) is 15.2. The highest BCUT2D eigenvalue weighted by atomic mass is 16.5. The van der Waals surface area contributed by atoms with E-state index in [1.807, 2.05) is 6.92 Å². The summed E-state index contributed by atoms with van der Waals surface area (Å²) < 4.78 is 5.55. The number of nitrogens with zero attached hydrogens (tertiary/aromatic N) is 1. The summed E-state index contributed by atoms with van der Waals surface area (Å²) >= 11 is 0. The number of piperidine rings is 1. The van der Waals surface area contributed by atoms with E-state index >= 15 is 0 Å². The Morgan fingerprint density at radius 1 is 1.30 bits per heavy atom. The Kier molecular flexibility index (Phi) is 5.02. The highest BCUT2D eigenvalue weighted by Gasteiger charge is 2.39. The van der Waals surface area contributed by atoms with Gasteiger partial charge in [-0.25, -0.2) is 0 Å². The van der Waals surface area contributed by atoms with E-state index in [0.717, 1.165) is 45.5 Å². The normalized spacial score (nSPS) is 27.7. The zero-order chi connectivity index (χ0) is 16.3. The number of nitrogens with one attached hydrogen (secondary N) is 1. The Hall–Kier alpha value is -1.39. The number of hydrogen-bond acceptors (Lipinski definition) is 3. The number of ether oxygens (including phenoxy) is 1. The lowest BCUT2D eigenvalue weighted by Gasteiger charge is -2.39. The van der Waals surface area contributed by atoms with Gasteiger partial charge in [0, 0.05) is 18.6 Å². The molecule has 0 unspecified atom stereocenters. The Bertz CT molecular complexity index is 523. The highest BCUT2D eigenvalue weighted by molar-refractivity contribution is 5.82. The quantitative estimate of drug-likeness (QED) is 0.928. The number of hydrogen-bond donors (Lipinski definition) is 1. The van der Waals surface area contributed by atoms with Gasteiger partial charge in [-0.05, 0) is 44.8 Å². The first-order valence-electron chi connectivity index (χ1n) is 8.76. The van der Waals surface area contributed by atoms with E-state index in [1.54, 1.807) is 0 Å². The lowest BCUT2D eigenvalue weighted by atomic mass is 9.79. The fourth-order valence-corrected chi connectivity index (χ4v) is 3.54. The summed E-state index contributed by atoms with van der Waals surface area (Å²) in [5, 5.41) is 3.22. The van der Waals surface area contributed by atoms with Crippen LogP contribution in [-0.4, -0.2) is 42.6 Å². The van der Waals surface area contributed by atoms with Gasteiger partial charge in [0.1, 0.15) is 0 Å². The third kappa shape index (κ3) is 3.93. The number of rotatable bonds is 4. The predicted molar refractivity (Wildman–Crippen MR) is 91.0 cm³/mol. The number of carbonyl (C=O) groups is 1. The molecule has 0 aromatic heterocycles. The van der Waals surface area contributed by atoms with Gasteiger partial charge in [0.15, 0.2) is 0 Å². The summed E-state index contributed by atoms with van der Waals surface area (Å²) in [6.07, 6.45) is 2.92. The van der Waals surface area contributed by atoms with E-state index in [4.69, 9.17) is 4.74 Å². The van der Waals surface area contributed by atoms with Crippen molar-refractivity contribution in [2.24, 2.45) is 5.41 Å². The smallest absolute Gasteiger partial charge is 0.226 e. The van der Waals surface area contributed by atoms with Crippen LogP contribution in [0, 0.1) is 5.41 Å². The fraction of sp³-hybridized carbons (Fsp3) is 0.632. The van der Waals surface area contributed by atoms with Gasteiger partial charge in [0.05, 0.1) is 12.1 Å². The van der Waals surface area contributed by atoms with Crippen LogP contribution in [0.25, 0.3) is 0 Å². The summed E-state index contributed by atoms with van der Waals surface area (Å²) in [5.74, 6) is 0.208. The number of carbonyl (C=O) groups excluding carboxylic acids is 1. The van der Waals surface area contributed by atoms with Gasteiger partial charge in [-0.15, -0.1) is 0 Å². The van der Waals surface area contributed by atoms with E-state index in [2.05, 4.69) is 47.5 Å². The van der Waals surface area contributed by atoms with Crippen LogP contribution in [0.2, 0.25) is 0 Å². The molecule has 2 aliphatic rings. The van der Waals surface area contributed by atoms with Gasteiger partial charge in [0.25, 0.3) is 0 Å². The van der Waals surface area contributed by atoms with Gasteiger partial charge in [0.2, 0.25) is 5.91 Å². The van der Waals surface area contributed by atoms with Crippen LogP contribution >= 0.6 is 0 Å². The molecule has 2 heterocycles. The van der Waals surface area contributed by atoms with Crippen molar-refractivity contribution in [3.8, 4) is 0 Å². The van der Waals surface area contributed by atoms with Gasteiger partial charge in [-0.2, -0.15) is 0 Å². The van der Waals surface area contributed by atoms with Gasteiger partial charge in [-0.3, -0.25) is 9.69 Å². The first-order valence-corrected chi connectivity index (χ1v) is 8.76. The summed E-state index contributed by atoms with van der Waals surface area (Å²) in [6.45, 7) is 7.86. The topological polar surface area (TPSA) is 41.6 Å². The molecule has 2 fully saturated rings. The molecule has 2 saturated heterocycles. The van der Waals surface area contributed by atoms with Gasteiger partial charge < -0.3 is 10.1 Å². The molecule has 4 heteroatoms. The Morgan fingerprint density at radius 3 is 2.61 bits per heavy atom. The molecule has 3 rings (SSSR count). The molecular formula is C19H28N2O2. The monoisotopic (exact) mass is 316 g/mol. The lowest BCUT2D eigenvalue weighted by molar-refractivity contribution is -0.134. The Morgan fingerprint density at radius 2 is 2.00 bits per heavy atom. The SMILES string of the molecule is C[C@@H]1OCC[C@H]1NC(=O)C1(C)CCN(Cc2ccccc2)CC1. The minimum absolute atomic E-state index is 0.140. The van der Waals surface area contributed by atoms with E-state index in [9.17, 15) is 4.79 Å². The second-order valence-corrected chi connectivity index (χ2v) is 7.27. The molecule has 1 N–H and O–H groups in total. The van der Waals surface area contributed by atoms with E-state index in [0.29, 0.717) is 0 Å². The number of benzene rings is 1. The van der Waals surface area contributed by atoms with Crippen LogP contribution in [0.1, 0.15) is 38.7 Å². The first kappa shape index (κ1) is 16.5. The van der Waals surface area contributed by atoms with E-state index in [1.165, 1.54) is 5.56 Å². The molecule has 1 aromatic carbocycles. The van der Waals surface area contributed by atoms with Crippen molar-refractivity contribution in [1.82, 2.24) is 10.2 Å². The van der Waals surface area contributed by atoms with Crippen molar-refractivity contribution in [2.75, 3.05) is 19.7 Å². The van der Waals surface area contributed by atoms with Crippen LogP contribution in [0.5, 0.6) is 0 Å². The second kappa shape index (κ2) is 7.02. The first-order chi connectivity index (χ1) is 11.1. The molecule has 0 bridgehead atoms. The molecule has 1 aromatic rings. The minimum atomic E-state index is -0.241. The summed E-state index contributed by atoms with van der Waals surface area (Å²) in [5.41, 5.74) is 1.10. The maximum atomic E-state index is 12.7. The van der Waals surface area contributed by atoms with E-state index in [-0.39, 0.29) is 23.5 Å². The summed E-state index contributed by atoms with van der Waals surface area (Å²) in [6, 6.07) is 10.7. The third-order valence-electron chi connectivity index (χ3n) is 5.45. The predicted octanol–water partition coefficient (Wildman–Crippen LogP) is 2.58. The zero-order valence-electron chi connectivity index (χ0n) is 14.3. The standard InChI is InChI=1S/C19H28N2O2/c1-15-17(8-13-23-15)20-18(22)19(2)9-11-21(12-10-19)14-16-6-4-3-5-7-16/h3-7,15,17H,8-14H2,1-2H3,(H,20,22)/t15-,17+/m0/s1. The number of likely N-dealkylation sites (tertiary alicyclic amines) is 1. The molecule has 1 amide bonds. The van der Waals surface area contributed by atoms with Crippen LogP contribution in [0.15, 0.2) is 30.3 Å². The van der Waals surface area contributed by atoms with Crippen molar-refractivity contribution >= 4 is 5.91 Å². The minimum Gasteiger partial charge on any atom is -0.376 e. The lowest BCUT2D eigenvalue weighted by Crippen LogP contribution is -2.50. The van der Waals surface area contributed by atoms with Crippen molar-refractivity contribution in [3.63, 3.8) is 0 Å². The number of amides is 1. The van der Waals surface area contributed by atoms with Gasteiger partial charge >= 0.3 is 0 Å². The molecule has 23 heavy (non-hydrogen) atoms. The van der Waals surface area contributed by atoms with Crippen molar-refractivity contribution < 1.29 is 9.53 Å². The molecule has 2 atom stereocenters. The van der Waals surface area contributed by atoms with Crippen LogP contribution in [-0.2, 0) is 16.1 Å². The second-order valence-electron chi connectivity index (χ2n) is 7.27. The molecular weight excluding hydrogens is 288 g/mol. The van der Waals surface area contributed by atoms with Crippen molar-refractivity contribution in [3.05, 3.63) is 35.9 Å². The average Bonchev–Trinajstić information content (AvgIpc) is 2.96. The molecule has 126 valence electrons. The summed E-state index contributed by atoms with van der Waals surface area (Å²) in [7, 11) is 0. The molecule has 4 nitrogen and oxygen atoms in total. The Labute approximate surface area is 139 Å². The molecule has 0 radical (unpaired) electrons. The fourth-order valence-electron chi connectivity index (χ4n) is 3.54.